The van der Waals surface area contributed by atoms with E-state index in [0.717, 1.165) is 4.47 Å². The van der Waals surface area contributed by atoms with Gasteiger partial charge in [0.2, 0.25) is 5.91 Å². The van der Waals surface area contributed by atoms with Crippen molar-refractivity contribution in [2.75, 3.05) is 13.1 Å². The molecule has 1 heterocycles. The number of hydrogen-bond acceptors (Lipinski definition) is 2. The van der Waals surface area contributed by atoms with Crippen molar-refractivity contribution in [3.8, 4) is 0 Å². The molecular weight excluding hydrogens is 329 g/mol. The normalized spacial score (nSPS) is 18.1. The fourth-order valence-electron chi connectivity index (χ4n) is 2.14. The standard InChI is InChI=1S/C13H15BrFN3O2/c14-11-2-1-10(15)5-9(11)6-17-13(20)18-4-3-8(7-18)12(16)19/h1-2,5,8H,3-4,6-7H2,(H2,16,19)(H,17,20)/t8-/m0/s1. The number of hydrogen-bond donors (Lipinski definition) is 2. The van der Waals surface area contributed by atoms with Gasteiger partial charge in [0.25, 0.3) is 0 Å². The number of carbonyl (C=O) groups is 2. The average Bonchev–Trinajstić information content (AvgIpc) is 2.89. The molecule has 5 nitrogen and oxygen atoms in total. The van der Waals surface area contributed by atoms with Gasteiger partial charge in [-0.25, -0.2) is 9.18 Å². The summed E-state index contributed by atoms with van der Waals surface area (Å²) >= 11 is 3.30. The molecule has 1 atom stereocenters. The molecule has 0 aromatic heterocycles. The van der Waals surface area contributed by atoms with Gasteiger partial charge in [0, 0.05) is 24.1 Å². The molecule has 3 amide bonds. The second kappa shape index (κ2) is 6.21. The van der Waals surface area contributed by atoms with E-state index in [1.165, 1.54) is 12.1 Å². The third-order valence-corrected chi connectivity index (χ3v) is 4.09. The van der Waals surface area contributed by atoms with E-state index in [-0.39, 0.29) is 30.2 Å². The van der Waals surface area contributed by atoms with Gasteiger partial charge < -0.3 is 16.0 Å². The molecular formula is C13H15BrFN3O2. The number of rotatable bonds is 3. The van der Waals surface area contributed by atoms with Crippen LogP contribution in [0, 0.1) is 11.7 Å². The van der Waals surface area contributed by atoms with Gasteiger partial charge in [-0.3, -0.25) is 4.79 Å². The molecule has 1 aromatic rings. The lowest BCUT2D eigenvalue weighted by atomic mass is 10.1. The topological polar surface area (TPSA) is 75.4 Å². The number of likely N-dealkylation sites (tertiary alicyclic amines) is 1. The Balaban J connectivity index is 1.90. The second-order valence-corrected chi connectivity index (χ2v) is 5.58. The van der Waals surface area contributed by atoms with Crippen LogP contribution in [0.1, 0.15) is 12.0 Å². The van der Waals surface area contributed by atoms with Crippen molar-refractivity contribution in [2.45, 2.75) is 13.0 Å². The maximum absolute atomic E-state index is 13.1. The van der Waals surface area contributed by atoms with Crippen LogP contribution in [0.4, 0.5) is 9.18 Å². The van der Waals surface area contributed by atoms with E-state index in [4.69, 9.17) is 5.73 Å². The Kier molecular flexibility index (Phi) is 4.59. The molecule has 0 saturated carbocycles. The van der Waals surface area contributed by atoms with Gasteiger partial charge in [-0.15, -0.1) is 0 Å². The van der Waals surface area contributed by atoms with Crippen molar-refractivity contribution in [1.29, 1.82) is 0 Å². The molecule has 1 saturated heterocycles. The molecule has 1 aliphatic heterocycles. The zero-order valence-electron chi connectivity index (χ0n) is 10.7. The number of carbonyl (C=O) groups excluding carboxylic acids is 2. The van der Waals surface area contributed by atoms with E-state index >= 15 is 0 Å². The van der Waals surface area contributed by atoms with Crippen molar-refractivity contribution < 1.29 is 14.0 Å². The van der Waals surface area contributed by atoms with Crippen LogP contribution in [-0.4, -0.2) is 29.9 Å². The Labute approximate surface area is 124 Å². The van der Waals surface area contributed by atoms with Crippen molar-refractivity contribution in [2.24, 2.45) is 11.7 Å². The van der Waals surface area contributed by atoms with Gasteiger partial charge in [0.15, 0.2) is 0 Å². The largest absolute Gasteiger partial charge is 0.369 e. The lowest BCUT2D eigenvalue weighted by Crippen LogP contribution is -2.39. The quantitative estimate of drug-likeness (QED) is 0.874. The molecule has 2 rings (SSSR count). The Morgan fingerprint density at radius 2 is 2.25 bits per heavy atom. The minimum Gasteiger partial charge on any atom is -0.369 e. The molecule has 1 fully saturated rings. The Bertz CT molecular complexity index is 538. The number of nitrogens with one attached hydrogen (secondary N) is 1. The van der Waals surface area contributed by atoms with Crippen molar-refractivity contribution in [3.05, 3.63) is 34.1 Å². The Morgan fingerprint density at radius 1 is 1.50 bits per heavy atom. The van der Waals surface area contributed by atoms with Crippen LogP contribution in [0.5, 0.6) is 0 Å². The first-order valence-corrected chi connectivity index (χ1v) is 7.02. The smallest absolute Gasteiger partial charge is 0.317 e. The first-order valence-electron chi connectivity index (χ1n) is 6.23. The lowest BCUT2D eigenvalue weighted by Gasteiger charge is -2.17. The number of primary amides is 1. The summed E-state index contributed by atoms with van der Waals surface area (Å²) in [5.74, 6) is -1.01. The predicted molar refractivity (Wildman–Crippen MR) is 75.2 cm³/mol. The van der Waals surface area contributed by atoms with E-state index in [1.54, 1.807) is 11.0 Å². The monoisotopic (exact) mass is 343 g/mol. The van der Waals surface area contributed by atoms with Gasteiger partial charge in [-0.05, 0) is 30.2 Å². The van der Waals surface area contributed by atoms with Gasteiger partial charge >= 0.3 is 6.03 Å². The van der Waals surface area contributed by atoms with Crippen molar-refractivity contribution in [1.82, 2.24) is 10.2 Å². The Hall–Kier alpha value is -1.63. The molecule has 0 unspecified atom stereocenters. The highest BCUT2D eigenvalue weighted by atomic mass is 79.9. The van der Waals surface area contributed by atoms with E-state index in [1.807, 2.05) is 0 Å². The lowest BCUT2D eigenvalue weighted by molar-refractivity contribution is -0.121. The summed E-state index contributed by atoms with van der Waals surface area (Å²) in [6.07, 6.45) is 0.590. The number of nitrogens with two attached hydrogens (primary N) is 1. The highest BCUT2D eigenvalue weighted by Crippen LogP contribution is 2.18. The van der Waals surface area contributed by atoms with Crippen molar-refractivity contribution >= 4 is 27.9 Å². The summed E-state index contributed by atoms with van der Waals surface area (Å²) < 4.78 is 13.8. The minimum absolute atomic E-state index is 0.217. The van der Waals surface area contributed by atoms with Crippen LogP contribution < -0.4 is 11.1 Å². The average molecular weight is 344 g/mol. The number of amides is 3. The fraction of sp³-hybridized carbons (Fsp3) is 0.385. The summed E-state index contributed by atoms with van der Waals surface area (Å²) in [7, 11) is 0. The van der Waals surface area contributed by atoms with Crippen LogP contribution in [0.25, 0.3) is 0 Å². The van der Waals surface area contributed by atoms with E-state index < -0.39 is 0 Å². The number of nitrogens with zero attached hydrogens (tertiary/aromatic N) is 1. The SMILES string of the molecule is NC(=O)[C@H]1CCN(C(=O)NCc2cc(F)ccc2Br)C1. The molecule has 1 aromatic carbocycles. The van der Waals surface area contributed by atoms with Gasteiger partial charge in [-0.1, -0.05) is 15.9 Å². The van der Waals surface area contributed by atoms with Crippen LogP contribution in [0.15, 0.2) is 22.7 Å². The number of urea groups is 1. The number of benzene rings is 1. The Morgan fingerprint density at radius 3 is 2.90 bits per heavy atom. The molecule has 0 spiro atoms. The third-order valence-electron chi connectivity index (χ3n) is 3.32. The highest BCUT2D eigenvalue weighted by molar-refractivity contribution is 9.10. The first kappa shape index (κ1) is 14.8. The molecule has 108 valence electrons. The number of halogens is 2. The zero-order chi connectivity index (χ0) is 14.7. The molecule has 0 bridgehead atoms. The summed E-state index contributed by atoms with van der Waals surface area (Å²) in [6.45, 7) is 1.06. The van der Waals surface area contributed by atoms with E-state index in [0.29, 0.717) is 25.1 Å². The highest BCUT2D eigenvalue weighted by Gasteiger charge is 2.29. The second-order valence-electron chi connectivity index (χ2n) is 4.73. The summed E-state index contributed by atoms with van der Waals surface area (Å²) in [6, 6.07) is 4.02. The van der Waals surface area contributed by atoms with E-state index in [2.05, 4.69) is 21.2 Å². The summed E-state index contributed by atoms with van der Waals surface area (Å²) in [5.41, 5.74) is 5.87. The zero-order valence-corrected chi connectivity index (χ0v) is 12.3. The van der Waals surface area contributed by atoms with Crippen molar-refractivity contribution in [3.63, 3.8) is 0 Å². The van der Waals surface area contributed by atoms with Gasteiger partial charge in [-0.2, -0.15) is 0 Å². The van der Waals surface area contributed by atoms with Crippen LogP contribution >= 0.6 is 15.9 Å². The van der Waals surface area contributed by atoms with Crippen LogP contribution in [0.3, 0.4) is 0 Å². The fourth-order valence-corrected chi connectivity index (χ4v) is 2.53. The molecule has 1 aliphatic rings. The third kappa shape index (κ3) is 3.47. The maximum atomic E-state index is 13.1. The maximum Gasteiger partial charge on any atom is 0.317 e. The van der Waals surface area contributed by atoms with E-state index in [9.17, 15) is 14.0 Å². The summed E-state index contributed by atoms with van der Waals surface area (Å²) in [4.78, 5) is 24.5. The molecule has 0 aliphatic carbocycles. The summed E-state index contributed by atoms with van der Waals surface area (Å²) in [5, 5.41) is 2.71. The van der Waals surface area contributed by atoms with Crippen LogP contribution in [0.2, 0.25) is 0 Å². The van der Waals surface area contributed by atoms with Gasteiger partial charge in [0.1, 0.15) is 5.82 Å². The molecule has 0 radical (unpaired) electrons. The molecule has 3 N–H and O–H groups in total. The van der Waals surface area contributed by atoms with Gasteiger partial charge in [0.05, 0.1) is 5.92 Å². The van der Waals surface area contributed by atoms with Crippen LogP contribution in [-0.2, 0) is 11.3 Å². The minimum atomic E-state index is -0.381. The molecule has 20 heavy (non-hydrogen) atoms. The predicted octanol–water partition coefficient (Wildman–Crippen LogP) is 1.60. The first-order chi connectivity index (χ1) is 9.47. The molecule has 7 heteroatoms.